The number of anilines is 1. The first-order valence-corrected chi connectivity index (χ1v) is 6.26. The maximum absolute atomic E-state index is 12.0. The lowest BCUT2D eigenvalue weighted by molar-refractivity contribution is -0.120. The minimum Gasteiger partial charge on any atom is -0.267 e. The van der Waals surface area contributed by atoms with Crippen molar-refractivity contribution >= 4 is 52.5 Å². The van der Waals surface area contributed by atoms with Gasteiger partial charge in [-0.3, -0.25) is 19.2 Å². The molecule has 0 N–H and O–H groups in total. The summed E-state index contributed by atoms with van der Waals surface area (Å²) in [6, 6.07) is 4.07. The third-order valence-corrected chi connectivity index (χ3v) is 3.73. The molecule has 1 aromatic carbocycles. The summed E-state index contributed by atoms with van der Waals surface area (Å²) in [7, 11) is 0. The largest absolute Gasteiger partial charge is 0.298 e. The van der Waals surface area contributed by atoms with Crippen LogP contribution >= 0.6 is 23.2 Å². The molecule has 0 aromatic heterocycles. The smallest absolute Gasteiger partial charge is 0.267 e. The molecule has 7 nitrogen and oxygen atoms in total. The number of imide groups is 1. The highest BCUT2D eigenvalue weighted by molar-refractivity contribution is 6.62. The monoisotopic (exact) mass is 323 g/mol. The topological polar surface area (TPSA) is 96.2 Å². The molecular formula is C12H3Cl2N3O4. The van der Waals surface area contributed by atoms with Crippen LogP contribution in [0.4, 0.5) is 5.69 Å². The second kappa shape index (κ2) is 4.57. The molecule has 4 amide bonds. The lowest BCUT2D eigenvalue weighted by Crippen LogP contribution is -2.33. The van der Waals surface area contributed by atoms with Gasteiger partial charge in [0.2, 0.25) is 0 Å². The third kappa shape index (κ3) is 1.82. The number of rotatable bonds is 1. The number of benzene rings is 1. The van der Waals surface area contributed by atoms with E-state index in [0.717, 1.165) is 0 Å². The summed E-state index contributed by atoms with van der Waals surface area (Å²) in [5.74, 6) is -3.32. The van der Waals surface area contributed by atoms with Gasteiger partial charge in [0, 0.05) is 0 Å². The summed E-state index contributed by atoms with van der Waals surface area (Å²) < 4.78 is 0. The Balaban J connectivity index is 2.22. The van der Waals surface area contributed by atoms with E-state index < -0.39 is 33.7 Å². The molecule has 0 fully saturated rings. The molecule has 3 rings (SSSR count). The summed E-state index contributed by atoms with van der Waals surface area (Å²) in [6.07, 6.45) is 0. The fourth-order valence-corrected chi connectivity index (χ4v) is 2.35. The van der Waals surface area contributed by atoms with Crippen LogP contribution in [0.25, 0.3) is 0 Å². The van der Waals surface area contributed by atoms with Crippen LogP contribution in [0.1, 0.15) is 20.7 Å². The van der Waals surface area contributed by atoms with E-state index in [4.69, 9.17) is 23.2 Å². The Bertz CT molecular complexity index is 789. The highest BCUT2D eigenvalue weighted by atomic mass is 35.5. The lowest BCUT2D eigenvalue weighted by atomic mass is 10.0. The number of halogens is 2. The summed E-state index contributed by atoms with van der Waals surface area (Å²) in [6.45, 7) is 0. The zero-order valence-corrected chi connectivity index (χ0v) is 11.5. The van der Waals surface area contributed by atoms with Crippen molar-refractivity contribution in [2.75, 3.05) is 4.90 Å². The van der Waals surface area contributed by atoms with Crippen molar-refractivity contribution in [1.29, 1.82) is 0 Å². The Morgan fingerprint density at radius 1 is 0.857 bits per heavy atom. The van der Waals surface area contributed by atoms with Crippen LogP contribution in [0.5, 0.6) is 0 Å². The van der Waals surface area contributed by atoms with Crippen molar-refractivity contribution in [3.63, 3.8) is 0 Å². The van der Waals surface area contributed by atoms with Crippen molar-refractivity contribution in [2.24, 2.45) is 10.2 Å². The van der Waals surface area contributed by atoms with Gasteiger partial charge in [0.05, 0.1) is 16.8 Å². The van der Waals surface area contributed by atoms with Gasteiger partial charge in [0.15, 0.2) is 0 Å². The van der Waals surface area contributed by atoms with E-state index in [2.05, 4.69) is 10.2 Å². The van der Waals surface area contributed by atoms with Crippen molar-refractivity contribution < 1.29 is 19.2 Å². The van der Waals surface area contributed by atoms with E-state index in [1.54, 1.807) is 0 Å². The van der Waals surface area contributed by atoms with E-state index in [1.165, 1.54) is 18.2 Å². The minimum absolute atomic E-state index is 0.0488. The number of carbonyl (C=O) groups is 4. The lowest BCUT2D eigenvalue weighted by Gasteiger charge is -2.19. The molecule has 2 aliphatic rings. The summed E-state index contributed by atoms with van der Waals surface area (Å²) in [5.41, 5.74) is -0.337. The molecule has 9 heteroatoms. The number of hydrogen-bond donors (Lipinski definition) is 0. The van der Waals surface area contributed by atoms with Crippen LogP contribution < -0.4 is 4.90 Å². The first kappa shape index (κ1) is 13.6. The van der Waals surface area contributed by atoms with E-state index >= 15 is 0 Å². The maximum atomic E-state index is 12.0. The van der Waals surface area contributed by atoms with Crippen LogP contribution in [0.3, 0.4) is 0 Å². The van der Waals surface area contributed by atoms with Gasteiger partial charge in [0.1, 0.15) is 10.1 Å². The van der Waals surface area contributed by atoms with Gasteiger partial charge in [-0.1, -0.05) is 29.3 Å². The Morgan fingerprint density at radius 2 is 1.43 bits per heavy atom. The summed E-state index contributed by atoms with van der Waals surface area (Å²) in [5, 5.41) is 5.46. The fourth-order valence-electron chi connectivity index (χ4n) is 2.02. The number of azo groups is 1. The number of fused-ring (bicyclic) bond motifs is 1. The number of nitrogens with zero attached hydrogens (tertiary/aromatic N) is 3. The van der Waals surface area contributed by atoms with Gasteiger partial charge < -0.3 is 0 Å². The highest BCUT2D eigenvalue weighted by Crippen LogP contribution is 2.35. The molecule has 0 atom stereocenters. The van der Waals surface area contributed by atoms with E-state index in [1.807, 2.05) is 0 Å². The van der Waals surface area contributed by atoms with Crippen molar-refractivity contribution in [1.82, 2.24) is 0 Å². The Kier molecular flexibility index (Phi) is 2.96. The average Bonchev–Trinajstić information content (AvgIpc) is 2.67. The zero-order chi connectivity index (χ0) is 15.3. The first-order chi connectivity index (χ1) is 9.93. The van der Waals surface area contributed by atoms with Crippen LogP contribution in [0, 0.1) is 0 Å². The van der Waals surface area contributed by atoms with Crippen LogP contribution in [-0.2, 0) is 9.59 Å². The molecular weight excluding hydrogens is 321 g/mol. The zero-order valence-electron chi connectivity index (χ0n) is 9.96. The van der Waals surface area contributed by atoms with Crippen LogP contribution in [0.2, 0.25) is 0 Å². The quantitative estimate of drug-likeness (QED) is 0.738. The molecule has 2 aliphatic heterocycles. The molecule has 1 aromatic rings. The normalized spacial score (nSPS) is 17.9. The molecule has 0 spiro atoms. The van der Waals surface area contributed by atoms with Crippen LogP contribution in [-0.4, -0.2) is 23.6 Å². The van der Waals surface area contributed by atoms with Crippen LogP contribution in [0.15, 0.2) is 38.5 Å². The van der Waals surface area contributed by atoms with Gasteiger partial charge in [-0.25, -0.2) is 4.90 Å². The predicted molar refractivity (Wildman–Crippen MR) is 71.2 cm³/mol. The van der Waals surface area contributed by atoms with Gasteiger partial charge in [-0.15, -0.1) is 10.2 Å². The first-order valence-electron chi connectivity index (χ1n) is 5.51. The van der Waals surface area contributed by atoms with E-state index in [9.17, 15) is 19.2 Å². The molecule has 0 radical (unpaired) electrons. The van der Waals surface area contributed by atoms with Crippen molar-refractivity contribution in [3.8, 4) is 0 Å². The molecule has 0 saturated carbocycles. The molecule has 0 aliphatic carbocycles. The molecule has 2 heterocycles. The summed E-state index contributed by atoms with van der Waals surface area (Å²) >= 11 is 11.3. The molecule has 21 heavy (non-hydrogen) atoms. The number of carbonyl (C=O) groups excluding carboxylic acids is 4. The molecule has 0 unspecified atom stereocenters. The minimum atomic E-state index is -0.872. The number of amides is 4. The standard InChI is InChI=1S/C12H3Cl2N3O4/c13-7-8(14)12(21)17(11(7)20)5-3-1-2-4-6(5)10(19)16-15-9(4)18/h1-3H. The van der Waals surface area contributed by atoms with Gasteiger partial charge in [-0.2, -0.15) is 0 Å². The Hall–Kier alpha value is -2.38. The maximum Gasteiger partial charge on any atom is 0.298 e. The summed E-state index contributed by atoms with van der Waals surface area (Å²) in [4.78, 5) is 48.1. The van der Waals surface area contributed by atoms with E-state index in [-0.39, 0.29) is 16.8 Å². The number of hydrogen-bond acceptors (Lipinski definition) is 4. The Labute approximate surface area is 126 Å². The Morgan fingerprint density at radius 3 is 2.05 bits per heavy atom. The second-order valence-electron chi connectivity index (χ2n) is 4.08. The molecule has 0 saturated heterocycles. The third-order valence-electron chi connectivity index (χ3n) is 2.93. The SMILES string of the molecule is O=C1N=NC(=O)c2c1cccc2N1C(=O)C(Cl)=C(Cl)C1=O. The average molecular weight is 324 g/mol. The second-order valence-corrected chi connectivity index (χ2v) is 4.84. The molecule has 0 bridgehead atoms. The van der Waals surface area contributed by atoms with Crippen molar-refractivity contribution in [3.05, 3.63) is 39.4 Å². The van der Waals surface area contributed by atoms with Gasteiger partial charge in [0.25, 0.3) is 23.6 Å². The van der Waals surface area contributed by atoms with E-state index in [0.29, 0.717) is 4.90 Å². The fraction of sp³-hybridized carbons (Fsp3) is 0. The predicted octanol–water partition coefficient (Wildman–Crippen LogP) is 2.00. The van der Waals surface area contributed by atoms with Gasteiger partial charge in [-0.05, 0) is 12.1 Å². The highest BCUT2D eigenvalue weighted by Gasteiger charge is 2.40. The molecule has 104 valence electrons. The van der Waals surface area contributed by atoms with Crippen molar-refractivity contribution in [2.45, 2.75) is 0 Å². The van der Waals surface area contributed by atoms with Gasteiger partial charge >= 0.3 is 0 Å².